The van der Waals surface area contributed by atoms with E-state index in [4.69, 9.17) is 4.74 Å². The molecule has 0 fully saturated rings. The molecule has 0 spiro atoms. The minimum atomic E-state index is -2.94. The molecule has 0 unspecified atom stereocenters. The largest absolute Gasteiger partial charge is 0.493 e. The number of benzene rings is 1. The van der Waals surface area contributed by atoms with E-state index in [0.717, 1.165) is 0 Å². The molecule has 2 rings (SSSR count). The third-order valence-electron chi connectivity index (χ3n) is 3.30. The highest BCUT2D eigenvalue weighted by atomic mass is 19.3. The number of hydrogen-bond acceptors (Lipinski definition) is 5. The van der Waals surface area contributed by atoms with Gasteiger partial charge in [0.2, 0.25) is 5.91 Å². The molecule has 1 aromatic carbocycles. The lowest BCUT2D eigenvalue weighted by Gasteiger charge is -2.15. The minimum Gasteiger partial charge on any atom is -0.493 e. The second-order valence-electron chi connectivity index (χ2n) is 5.38. The molecule has 1 N–H and O–H groups in total. The maximum Gasteiger partial charge on any atom is 0.387 e. The Kier molecular flexibility index (Phi) is 6.48. The first-order chi connectivity index (χ1) is 12.4. The predicted molar refractivity (Wildman–Crippen MR) is 95.9 cm³/mol. The highest BCUT2D eigenvalue weighted by Crippen LogP contribution is 2.30. The second-order valence-corrected chi connectivity index (χ2v) is 5.38. The zero-order chi connectivity index (χ0) is 19.1. The first-order valence-corrected chi connectivity index (χ1v) is 7.65. The summed E-state index contributed by atoms with van der Waals surface area (Å²) >= 11 is 0. The zero-order valence-corrected chi connectivity index (χ0v) is 14.6. The molecule has 0 radical (unpaired) electrons. The van der Waals surface area contributed by atoms with Crippen LogP contribution in [-0.4, -0.2) is 38.7 Å². The Bertz CT molecular complexity index is 795. The van der Waals surface area contributed by atoms with Gasteiger partial charge in [0.15, 0.2) is 17.3 Å². The molecule has 1 aromatic heterocycles. The van der Waals surface area contributed by atoms with Gasteiger partial charge in [-0.05, 0) is 35.9 Å². The van der Waals surface area contributed by atoms with Gasteiger partial charge in [0.1, 0.15) is 0 Å². The molecular formula is C18H19F2N3O3. The molecule has 26 heavy (non-hydrogen) atoms. The van der Waals surface area contributed by atoms with Crippen molar-refractivity contribution in [3.63, 3.8) is 0 Å². The van der Waals surface area contributed by atoms with Crippen LogP contribution in [0, 0.1) is 0 Å². The number of rotatable bonds is 7. The lowest BCUT2D eigenvalue weighted by Crippen LogP contribution is -2.16. The third kappa shape index (κ3) is 5.17. The number of halogens is 2. The summed E-state index contributed by atoms with van der Waals surface area (Å²) in [7, 11) is 4.99. The van der Waals surface area contributed by atoms with Crippen molar-refractivity contribution in [3.05, 3.63) is 48.2 Å². The molecule has 2 aromatic rings. The number of nitrogens with one attached hydrogen (secondary N) is 1. The molecular weight excluding hydrogens is 344 g/mol. The number of anilines is 2. The third-order valence-corrected chi connectivity index (χ3v) is 3.30. The van der Waals surface area contributed by atoms with E-state index in [1.165, 1.54) is 31.4 Å². The smallest absolute Gasteiger partial charge is 0.387 e. The Morgan fingerprint density at radius 3 is 2.69 bits per heavy atom. The van der Waals surface area contributed by atoms with Gasteiger partial charge in [-0.3, -0.25) is 4.79 Å². The number of alkyl halides is 2. The number of pyridine rings is 1. The Hall–Kier alpha value is -3.16. The van der Waals surface area contributed by atoms with E-state index in [1.54, 1.807) is 29.3 Å². The summed E-state index contributed by atoms with van der Waals surface area (Å²) in [6.45, 7) is -2.94. The number of ether oxygens (including phenoxy) is 2. The number of hydrogen-bond donors (Lipinski definition) is 1. The number of aromatic nitrogens is 1. The van der Waals surface area contributed by atoms with Crippen molar-refractivity contribution in [3.8, 4) is 11.5 Å². The van der Waals surface area contributed by atoms with Crippen LogP contribution in [0.15, 0.2) is 42.6 Å². The average Bonchev–Trinajstić information content (AvgIpc) is 2.60. The van der Waals surface area contributed by atoms with Crippen molar-refractivity contribution in [2.45, 2.75) is 6.61 Å². The van der Waals surface area contributed by atoms with Gasteiger partial charge in [0.05, 0.1) is 12.8 Å². The van der Waals surface area contributed by atoms with Crippen LogP contribution in [0.2, 0.25) is 0 Å². The Morgan fingerprint density at radius 2 is 2.04 bits per heavy atom. The van der Waals surface area contributed by atoms with Crippen molar-refractivity contribution in [2.75, 3.05) is 31.4 Å². The fourth-order valence-corrected chi connectivity index (χ4v) is 2.18. The molecule has 138 valence electrons. The van der Waals surface area contributed by atoms with E-state index in [-0.39, 0.29) is 17.4 Å². The van der Waals surface area contributed by atoms with Crippen molar-refractivity contribution >= 4 is 23.5 Å². The predicted octanol–water partition coefficient (Wildman–Crippen LogP) is 3.41. The lowest BCUT2D eigenvalue weighted by molar-refractivity contribution is -0.111. The van der Waals surface area contributed by atoms with E-state index < -0.39 is 6.61 Å². The monoisotopic (exact) mass is 363 g/mol. The summed E-state index contributed by atoms with van der Waals surface area (Å²) in [5.74, 6) is 0.350. The van der Waals surface area contributed by atoms with Gasteiger partial charge >= 0.3 is 6.61 Å². The summed E-state index contributed by atoms with van der Waals surface area (Å²) in [5.41, 5.74) is 1.17. The maximum absolute atomic E-state index is 12.3. The highest BCUT2D eigenvalue weighted by Gasteiger charge is 2.11. The van der Waals surface area contributed by atoms with Crippen LogP contribution < -0.4 is 19.7 Å². The highest BCUT2D eigenvalue weighted by molar-refractivity contribution is 6.03. The fourth-order valence-electron chi connectivity index (χ4n) is 2.18. The van der Waals surface area contributed by atoms with Crippen molar-refractivity contribution < 1.29 is 23.0 Å². The van der Waals surface area contributed by atoms with E-state index in [0.29, 0.717) is 17.1 Å². The SMILES string of the molecule is COc1cc(/C=C/C(=O)Nc2cccnc2N(C)C)ccc1OC(F)F. The van der Waals surface area contributed by atoms with Crippen LogP contribution >= 0.6 is 0 Å². The number of carbonyl (C=O) groups excluding carboxylic acids is 1. The van der Waals surface area contributed by atoms with Crippen LogP contribution in [0.25, 0.3) is 6.08 Å². The maximum atomic E-state index is 12.3. The normalized spacial score (nSPS) is 10.8. The molecule has 0 bridgehead atoms. The van der Waals surface area contributed by atoms with Crippen LogP contribution in [-0.2, 0) is 4.79 Å². The molecule has 8 heteroatoms. The summed E-state index contributed by atoms with van der Waals surface area (Å²) in [6, 6.07) is 7.86. The Morgan fingerprint density at radius 1 is 1.27 bits per heavy atom. The van der Waals surface area contributed by atoms with E-state index in [1.807, 2.05) is 14.1 Å². The Labute approximate surface area is 150 Å². The summed E-state index contributed by atoms with van der Waals surface area (Å²) in [4.78, 5) is 18.1. The number of carbonyl (C=O) groups is 1. The van der Waals surface area contributed by atoms with E-state index >= 15 is 0 Å². The minimum absolute atomic E-state index is 0.0740. The molecule has 0 aliphatic rings. The lowest BCUT2D eigenvalue weighted by atomic mass is 10.2. The standard InChI is InChI=1S/C18H19F2N3O3/c1-23(2)17-13(5-4-10-21-17)22-16(24)9-7-12-6-8-14(26-18(19)20)15(11-12)25-3/h4-11,18H,1-3H3,(H,22,24)/b9-7+. The van der Waals surface area contributed by atoms with Gasteiger partial charge in [-0.25, -0.2) is 4.98 Å². The summed E-state index contributed by atoms with van der Waals surface area (Å²) in [6.07, 6.45) is 4.50. The van der Waals surface area contributed by atoms with Gasteiger partial charge in [-0.1, -0.05) is 6.07 Å². The number of methoxy groups -OCH3 is 1. The van der Waals surface area contributed by atoms with Gasteiger partial charge in [0.25, 0.3) is 0 Å². The van der Waals surface area contributed by atoms with Gasteiger partial charge in [-0.15, -0.1) is 0 Å². The van der Waals surface area contributed by atoms with E-state index in [9.17, 15) is 13.6 Å². The van der Waals surface area contributed by atoms with Crippen molar-refractivity contribution in [1.82, 2.24) is 4.98 Å². The second kappa shape index (κ2) is 8.80. The van der Waals surface area contributed by atoms with Crippen LogP contribution in [0.3, 0.4) is 0 Å². The molecule has 0 aliphatic carbocycles. The molecule has 1 amide bonds. The van der Waals surface area contributed by atoms with Gasteiger partial charge in [0, 0.05) is 26.4 Å². The number of amides is 1. The molecule has 0 saturated heterocycles. The quantitative estimate of drug-likeness (QED) is 0.764. The average molecular weight is 363 g/mol. The van der Waals surface area contributed by atoms with Crippen LogP contribution in [0.1, 0.15) is 5.56 Å². The summed E-state index contributed by atoms with van der Waals surface area (Å²) in [5, 5.41) is 2.74. The molecule has 0 atom stereocenters. The van der Waals surface area contributed by atoms with Gasteiger partial charge in [-0.2, -0.15) is 8.78 Å². The first kappa shape index (κ1) is 19.2. The van der Waals surface area contributed by atoms with Crippen molar-refractivity contribution in [2.24, 2.45) is 0 Å². The molecule has 6 nitrogen and oxygen atoms in total. The van der Waals surface area contributed by atoms with Crippen LogP contribution in [0.4, 0.5) is 20.3 Å². The molecule has 0 aliphatic heterocycles. The van der Waals surface area contributed by atoms with E-state index in [2.05, 4.69) is 15.0 Å². The molecule has 0 saturated carbocycles. The Balaban J connectivity index is 2.11. The topological polar surface area (TPSA) is 63.7 Å². The van der Waals surface area contributed by atoms with Gasteiger partial charge < -0.3 is 19.7 Å². The van der Waals surface area contributed by atoms with Crippen LogP contribution in [0.5, 0.6) is 11.5 Å². The first-order valence-electron chi connectivity index (χ1n) is 7.65. The van der Waals surface area contributed by atoms with Crippen molar-refractivity contribution in [1.29, 1.82) is 0 Å². The molecule has 1 heterocycles. The number of nitrogens with zero attached hydrogens (tertiary/aromatic N) is 2. The summed E-state index contributed by atoms with van der Waals surface area (Å²) < 4.78 is 34.1. The zero-order valence-electron chi connectivity index (χ0n) is 14.6. The fraction of sp³-hybridized carbons (Fsp3) is 0.222.